The first kappa shape index (κ1) is 27.8. The molecule has 0 aliphatic carbocycles. The van der Waals surface area contributed by atoms with Crippen molar-refractivity contribution in [2.45, 2.75) is 26.4 Å². The number of pyridine rings is 1. The molecule has 1 unspecified atom stereocenters. The first-order valence-corrected chi connectivity index (χ1v) is 11.6. The third-order valence-corrected chi connectivity index (χ3v) is 5.58. The van der Waals surface area contributed by atoms with Crippen LogP contribution in [0.25, 0.3) is 0 Å². The Morgan fingerprint density at radius 2 is 2.08 bits per heavy atom. The van der Waals surface area contributed by atoms with Gasteiger partial charge < -0.3 is 15.5 Å². The third-order valence-electron chi connectivity index (χ3n) is 5.58. The highest BCUT2D eigenvalue weighted by atomic mass is 19.4. The van der Waals surface area contributed by atoms with Crippen molar-refractivity contribution in [2.24, 2.45) is 18.0 Å². The van der Waals surface area contributed by atoms with Crippen molar-refractivity contribution in [2.75, 3.05) is 49.3 Å². The minimum absolute atomic E-state index is 0.0405. The predicted octanol–water partition coefficient (Wildman–Crippen LogP) is 3.06. The standard InChI is InChI=1S/C24H31F3N8O2/c1-6-18(30-15(2)17-7-8-28-20(10-17)29-14-24(25,26)27)23(37)31-19-13-34(5)32-22(19)35-12-16(9-21(35)36)11-33(3)4/h6-8,10,13,16H,9,11-12,14H2,1-5H3,(H,28,29)(H,31,37)/b18-6-,30-15?. The molecular formula is C24H31F3N8O2. The number of anilines is 3. The van der Waals surface area contributed by atoms with Gasteiger partial charge in [0.1, 0.15) is 23.7 Å². The number of rotatable bonds is 9. The fourth-order valence-electron chi connectivity index (χ4n) is 4.01. The summed E-state index contributed by atoms with van der Waals surface area (Å²) < 4.78 is 39.1. The Labute approximate surface area is 213 Å². The molecule has 3 rings (SSSR count). The summed E-state index contributed by atoms with van der Waals surface area (Å²) in [6.07, 6.45) is 0.520. The average Bonchev–Trinajstić information content (AvgIpc) is 3.35. The molecule has 0 aromatic carbocycles. The normalized spacial score (nSPS) is 17.1. The number of carbonyl (C=O) groups is 2. The second kappa shape index (κ2) is 11.5. The highest BCUT2D eigenvalue weighted by molar-refractivity contribution is 6.09. The van der Waals surface area contributed by atoms with Gasteiger partial charge in [-0.3, -0.25) is 19.2 Å². The molecule has 1 aliphatic rings. The Morgan fingerprint density at radius 3 is 2.73 bits per heavy atom. The number of aromatic nitrogens is 3. The fourth-order valence-corrected chi connectivity index (χ4v) is 4.01. The summed E-state index contributed by atoms with van der Waals surface area (Å²) in [5, 5.41) is 9.41. The molecular weight excluding hydrogens is 489 g/mol. The van der Waals surface area contributed by atoms with Gasteiger partial charge in [-0.2, -0.15) is 18.3 Å². The van der Waals surface area contributed by atoms with Gasteiger partial charge in [0.05, 0.1) is 6.20 Å². The van der Waals surface area contributed by atoms with E-state index in [1.807, 2.05) is 19.0 Å². The highest BCUT2D eigenvalue weighted by Gasteiger charge is 2.34. The van der Waals surface area contributed by atoms with Crippen LogP contribution in [0.15, 0.2) is 41.3 Å². The summed E-state index contributed by atoms with van der Waals surface area (Å²) in [5.74, 6) is -0.0142. The number of hydrogen-bond acceptors (Lipinski definition) is 7. The second-order valence-electron chi connectivity index (χ2n) is 9.10. The summed E-state index contributed by atoms with van der Waals surface area (Å²) >= 11 is 0. The van der Waals surface area contributed by atoms with E-state index in [0.29, 0.717) is 35.7 Å². The Balaban J connectivity index is 1.75. The van der Waals surface area contributed by atoms with E-state index >= 15 is 0 Å². The maximum absolute atomic E-state index is 13.1. The summed E-state index contributed by atoms with van der Waals surface area (Å²) in [7, 11) is 5.60. The molecule has 0 spiro atoms. The van der Waals surface area contributed by atoms with E-state index in [0.717, 1.165) is 6.54 Å². The number of aliphatic imine (C=N–C) groups is 1. The average molecular weight is 521 g/mol. The van der Waals surface area contributed by atoms with Gasteiger partial charge in [0, 0.05) is 44.0 Å². The van der Waals surface area contributed by atoms with Gasteiger partial charge in [-0.1, -0.05) is 6.08 Å². The number of amides is 2. The van der Waals surface area contributed by atoms with Crippen LogP contribution in [0.4, 0.5) is 30.5 Å². The smallest absolute Gasteiger partial charge is 0.361 e. The van der Waals surface area contributed by atoms with Gasteiger partial charge in [0.2, 0.25) is 5.91 Å². The van der Waals surface area contributed by atoms with Gasteiger partial charge in [0.15, 0.2) is 5.82 Å². The lowest BCUT2D eigenvalue weighted by Crippen LogP contribution is -2.28. The molecule has 0 radical (unpaired) electrons. The molecule has 1 fully saturated rings. The number of hydrogen-bond donors (Lipinski definition) is 2. The molecule has 200 valence electrons. The molecule has 0 bridgehead atoms. The first-order valence-electron chi connectivity index (χ1n) is 11.6. The second-order valence-corrected chi connectivity index (χ2v) is 9.10. The molecule has 10 nitrogen and oxygen atoms in total. The van der Waals surface area contributed by atoms with Gasteiger partial charge in [-0.25, -0.2) is 9.98 Å². The van der Waals surface area contributed by atoms with Crippen molar-refractivity contribution < 1.29 is 22.8 Å². The molecule has 3 heterocycles. The van der Waals surface area contributed by atoms with Crippen LogP contribution in [0.3, 0.4) is 0 Å². The van der Waals surface area contributed by atoms with E-state index in [-0.39, 0.29) is 23.3 Å². The van der Waals surface area contributed by atoms with Crippen molar-refractivity contribution in [3.05, 3.63) is 41.9 Å². The van der Waals surface area contributed by atoms with Crippen LogP contribution >= 0.6 is 0 Å². The van der Waals surface area contributed by atoms with Gasteiger partial charge in [0.25, 0.3) is 5.91 Å². The van der Waals surface area contributed by atoms with E-state index in [1.165, 1.54) is 23.0 Å². The van der Waals surface area contributed by atoms with E-state index < -0.39 is 18.6 Å². The Kier molecular flexibility index (Phi) is 8.69. The maximum atomic E-state index is 13.1. The molecule has 2 amide bonds. The molecule has 37 heavy (non-hydrogen) atoms. The van der Waals surface area contributed by atoms with Gasteiger partial charge in [-0.15, -0.1) is 0 Å². The maximum Gasteiger partial charge on any atom is 0.405 e. The minimum Gasteiger partial charge on any atom is -0.361 e. The summed E-state index contributed by atoms with van der Waals surface area (Å²) in [6.45, 7) is 3.33. The number of nitrogens with zero attached hydrogens (tertiary/aromatic N) is 6. The van der Waals surface area contributed by atoms with Gasteiger partial charge >= 0.3 is 6.18 Å². The van der Waals surface area contributed by atoms with Crippen LogP contribution in [0.5, 0.6) is 0 Å². The molecule has 0 saturated carbocycles. The van der Waals surface area contributed by atoms with Crippen molar-refractivity contribution in [1.82, 2.24) is 19.7 Å². The van der Waals surface area contributed by atoms with Crippen LogP contribution in [-0.2, 0) is 16.6 Å². The molecule has 1 atom stereocenters. The van der Waals surface area contributed by atoms with Crippen LogP contribution in [-0.4, -0.2) is 77.1 Å². The SMILES string of the molecule is C/C=C(\N=C(C)c1ccnc(NCC(F)(F)F)c1)C(=O)Nc1cn(C)nc1N1CC(CN(C)C)CC1=O. The molecule has 1 saturated heterocycles. The monoisotopic (exact) mass is 520 g/mol. The highest BCUT2D eigenvalue weighted by Crippen LogP contribution is 2.30. The Morgan fingerprint density at radius 1 is 1.35 bits per heavy atom. The Bertz CT molecular complexity index is 1200. The fraction of sp³-hybridized carbons (Fsp3) is 0.458. The van der Waals surface area contributed by atoms with E-state index in [2.05, 4.69) is 25.7 Å². The van der Waals surface area contributed by atoms with Crippen LogP contribution in [0, 0.1) is 5.92 Å². The molecule has 2 N–H and O–H groups in total. The van der Waals surface area contributed by atoms with E-state index in [1.54, 1.807) is 38.1 Å². The lowest BCUT2D eigenvalue weighted by molar-refractivity contribution is -0.117. The number of halogens is 3. The topological polar surface area (TPSA) is 108 Å². The van der Waals surface area contributed by atoms with Crippen molar-refractivity contribution >= 4 is 34.8 Å². The lowest BCUT2D eigenvalue weighted by atomic mass is 10.1. The summed E-state index contributed by atoms with van der Waals surface area (Å²) in [6, 6.07) is 3.02. The first-order chi connectivity index (χ1) is 17.4. The van der Waals surface area contributed by atoms with Gasteiger partial charge in [-0.05, 0) is 46.0 Å². The van der Waals surface area contributed by atoms with Crippen LogP contribution in [0.1, 0.15) is 25.8 Å². The summed E-state index contributed by atoms with van der Waals surface area (Å²) in [5.41, 5.74) is 1.38. The Hall–Kier alpha value is -3.74. The van der Waals surface area contributed by atoms with Crippen LogP contribution < -0.4 is 15.5 Å². The van der Waals surface area contributed by atoms with E-state index in [4.69, 9.17) is 0 Å². The number of carbonyl (C=O) groups excluding carboxylic acids is 2. The molecule has 2 aromatic rings. The number of alkyl halides is 3. The third kappa shape index (κ3) is 7.62. The zero-order chi connectivity index (χ0) is 27.3. The van der Waals surface area contributed by atoms with Crippen LogP contribution in [0.2, 0.25) is 0 Å². The number of nitrogens with one attached hydrogen (secondary N) is 2. The molecule has 1 aliphatic heterocycles. The molecule has 2 aromatic heterocycles. The van der Waals surface area contributed by atoms with Crippen molar-refractivity contribution in [3.8, 4) is 0 Å². The zero-order valence-corrected chi connectivity index (χ0v) is 21.4. The minimum atomic E-state index is -4.38. The lowest BCUT2D eigenvalue weighted by Gasteiger charge is -2.18. The van der Waals surface area contributed by atoms with Crippen molar-refractivity contribution in [3.63, 3.8) is 0 Å². The van der Waals surface area contributed by atoms with E-state index in [9.17, 15) is 22.8 Å². The quantitative estimate of drug-likeness (QED) is 0.389. The van der Waals surface area contributed by atoms with Crippen molar-refractivity contribution in [1.29, 1.82) is 0 Å². The number of aryl methyl sites for hydroxylation is 1. The number of allylic oxidation sites excluding steroid dienone is 1. The zero-order valence-electron chi connectivity index (χ0n) is 21.4. The summed E-state index contributed by atoms with van der Waals surface area (Å²) in [4.78, 5) is 37.6. The molecule has 13 heteroatoms. The predicted molar refractivity (Wildman–Crippen MR) is 136 cm³/mol. The largest absolute Gasteiger partial charge is 0.405 e.